The third-order valence-electron chi connectivity index (χ3n) is 4.07. The van der Waals surface area contributed by atoms with Gasteiger partial charge < -0.3 is 10.6 Å². The van der Waals surface area contributed by atoms with Gasteiger partial charge in [0.25, 0.3) is 5.91 Å². The van der Waals surface area contributed by atoms with Gasteiger partial charge in [-0.25, -0.2) is 14.4 Å². The molecule has 6 heteroatoms. The van der Waals surface area contributed by atoms with Crippen LogP contribution in [0.2, 0.25) is 0 Å². The topological polar surface area (TPSA) is 66.9 Å². The van der Waals surface area contributed by atoms with Crippen LogP contribution in [0.5, 0.6) is 0 Å². The summed E-state index contributed by atoms with van der Waals surface area (Å²) in [5.41, 5.74) is 3.78. The molecule has 1 heterocycles. The first-order valence-electron chi connectivity index (χ1n) is 8.78. The average molecular weight is 364 g/mol. The van der Waals surface area contributed by atoms with Crippen LogP contribution in [0.3, 0.4) is 0 Å². The lowest BCUT2D eigenvalue weighted by molar-refractivity contribution is 0.102. The molecular formula is C21H21FN4O. The fourth-order valence-corrected chi connectivity index (χ4v) is 2.57. The lowest BCUT2D eigenvalue weighted by Crippen LogP contribution is -2.16. The first kappa shape index (κ1) is 18.5. The van der Waals surface area contributed by atoms with Gasteiger partial charge in [-0.1, -0.05) is 31.2 Å². The van der Waals surface area contributed by atoms with Crippen LogP contribution in [0.15, 0.2) is 54.6 Å². The second-order valence-electron chi connectivity index (χ2n) is 6.20. The van der Waals surface area contributed by atoms with Gasteiger partial charge in [0.2, 0.25) is 5.95 Å². The minimum atomic E-state index is -0.297. The third-order valence-corrected chi connectivity index (χ3v) is 4.07. The Morgan fingerprint density at radius 3 is 2.33 bits per heavy atom. The van der Waals surface area contributed by atoms with Crippen molar-refractivity contribution in [3.63, 3.8) is 0 Å². The van der Waals surface area contributed by atoms with Gasteiger partial charge in [0.1, 0.15) is 11.5 Å². The third kappa shape index (κ3) is 5.10. The van der Waals surface area contributed by atoms with E-state index < -0.39 is 0 Å². The SMILES string of the molecule is CCc1ccc(NC(=O)c2cc(C)nc(NCc3ccc(F)cc3)n2)cc1. The number of nitrogens with zero attached hydrogens (tertiary/aromatic N) is 2. The van der Waals surface area contributed by atoms with Gasteiger partial charge in [-0.15, -0.1) is 0 Å². The molecule has 0 spiro atoms. The molecule has 5 nitrogen and oxygen atoms in total. The van der Waals surface area contributed by atoms with Gasteiger partial charge in [0.15, 0.2) is 0 Å². The Morgan fingerprint density at radius 2 is 1.67 bits per heavy atom. The Morgan fingerprint density at radius 1 is 1.00 bits per heavy atom. The van der Waals surface area contributed by atoms with E-state index in [1.54, 1.807) is 25.1 Å². The van der Waals surface area contributed by atoms with Crippen molar-refractivity contribution in [1.29, 1.82) is 0 Å². The summed E-state index contributed by atoms with van der Waals surface area (Å²) in [6, 6.07) is 15.5. The molecule has 1 aromatic heterocycles. The van der Waals surface area contributed by atoms with Crippen molar-refractivity contribution in [3.05, 3.63) is 82.9 Å². The number of halogens is 1. The predicted octanol–water partition coefficient (Wildman–Crippen LogP) is 4.35. The summed E-state index contributed by atoms with van der Waals surface area (Å²) in [6.07, 6.45) is 0.947. The Balaban J connectivity index is 1.69. The van der Waals surface area contributed by atoms with Crippen LogP contribution < -0.4 is 10.6 Å². The lowest BCUT2D eigenvalue weighted by atomic mass is 10.1. The number of rotatable bonds is 6. The first-order chi connectivity index (χ1) is 13.0. The largest absolute Gasteiger partial charge is 0.350 e. The van der Waals surface area contributed by atoms with E-state index in [0.717, 1.165) is 12.0 Å². The number of anilines is 2. The highest BCUT2D eigenvalue weighted by Crippen LogP contribution is 2.13. The lowest BCUT2D eigenvalue weighted by Gasteiger charge is -2.09. The van der Waals surface area contributed by atoms with Gasteiger partial charge in [-0.2, -0.15) is 0 Å². The number of hydrogen-bond acceptors (Lipinski definition) is 4. The molecule has 2 aromatic carbocycles. The summed E-state index contributed by atoms with van der Waals surface area (Å²) < 4.78 is 13.0. The molecule has 0 fully saturated rings. The van der Waals surface area contributed by atoms with Crippen molar-refractivity contribution in [3.8, 4) is 0 Å². The smallest absolute Gasteiger partial charge is 0.274 e. The van der Waals surface area contributed by atoms with Gasteiger partial charge in [0, 0.05) is 17.9 Å². The normalized spacial score (nSPS) is 10.5. The van der Waals surface area contributed by atoms with E-state index in [4.69, 9.17) is 0 Å². The van der Waals surface area contributed by atoms with Crippen molar-refractivity contribution in [2.24, 2.45) is 0 Å². The molecule has 0 aliphatic heterocycles. The van der Waals surface area contributed by atoms with Crippen LogP contribution in [-0.4, -0.2) is 15.9 Å². The van der Waals surface area contributed by atoms with Crippen molar-refractivity contribution in [1.82, 2.24) is 9.97 Å². The van der Waals surface area contributed by atoms with Gasteiger partial charge in [-0.3, -0.25) is 4.79 Å². The zero-order valence-corrected chi connectivity index (χ0v) is 15.3. The molecule has 0 unspecified atom stereocenters. The van der Waals surface area contributed by atoms with Crippen molar-refractivity contribution < 1.29 is 9.18 Å². The van der Waals surface area contributed by atoms with Gasteiger partial charge in [-0.05, 0) is 54.8 Å². The van der Waals surface area contributed by atoms with Crippen LogP contribution in [-0.2, 0) is 13.0 Å². The number of carbonyl (C=O) groups excluding carboxylic acids is 1. The summed E-state index contributed by atoms with van der Waals surface area (Å²) in [6.45, 7) is 4.32. The maximum atomic E-state index is 13.0. The zero-order chi connectivity index (χ0) is 19.2. The summed E-state index contributed by atoms with van der Waals surface area (Å²) in [5.74, 6) is -0.225. The number of nitrogens with one attached hydrogen (secondary N) is 2. The number of benzene rings is 2. The van der Waals surface area contributed by atoms with Crippen LogP contribution in [0, 0.1) is 12.7 Å². The first-order valence-corrected chi connectivity index (χ1v) is 8.78. The summed E-state index contributed by atoms with van der Waals surface area (Å²) >= 11 is 0. The second-order valence-corrected chi connectivity index (χ2v) is 6.20. The maximum absolute atomic E-state index is 13.0. The quantitative estimate of drug-likeness (QED) is 0.682. The van der Waals surface area contributed by atoms with Gasteiger partial charge in [0.05, 0.1) is 0 Å². The highest BCUT2D eigenvalue weighted by molar-refractivity contribution is 6.03. The van der Waals surface area contributed by atoms with Crippen molar-refractivity contribution >= 4 is 17.5 Å². The van der Waals surface area contributed by atoms with Crippen molar-refractivity contribution in [2.75, 3.05) is 10.6 Å². The van der Waals surface area contributed by atoms with E-state index in [1.165, 1.54) is 17.7 Å². The molecule has 138 valence electrons. The van der Waals surface area contributed by atoms with Crippen LogP contribution >= 0.6 is 0 Å². The minimum Gasteiger partial charge on any atom is -0.350 e. The molecule has 27 heavy (non-hydrogen) atoms. The summed E-state index contributed by atoms with van der Waals surface area (Å²) in [7, 11) is 0. The van der Waals surface area contributed by atoms with E-state index in [1.807, 2.05) is 24.3 Å². The molecule has 1 amide bonds. The zero-order valence-electron chi connectivity index (χ0n) is 15.3. The Hall–Kier alpha value is -3.28. The average Bonchev–Trinajstić information content (AvgIpc) is 2.68. The summed E-state index contributed by atoms with van der Waals surface area (Å²) in [4.78, 5) is 21.1. The Labute approximate surface area is 157 Å². The van der Waals surface area contributed by atoms with E-state index in [0.29, 0.717) is 23.9 Å². The maximum Gasteiger partial charge on any atom is 0.274 e. The van der Waals surface area contributed by atoms with Crippen molar-refractivity contribution in [2.45, 2.75) is 26.8 Å². The fraction of sp³-hybridized carbons (Fsp3) is 0.190. The molecule has 2 N–H and O–H groups in total. The molecule has 0 atom stereocenters. The molecule has 0 saturated heterocycles. The minimum absolute atomic E-state index is 0.281. The molecule has 0 aliphatic rings. The monoisotopic (exact) mass is 364 g/mol. The predicted molar refractivity (Wildman–Crippen MR) is 104 cm³/mol. The molecule has 0 saturated carbocycles. The van der Waals surface area contributed by atoms with Gasteiger partial charge >= 0.3 is 0 Å². The molecule has 0 bridgehead atoms. The highest BCUT2D eigenvalue weighted by Gasteiger charge is 2.11. The van der Waals surface area contributed by atoms with Crippen LogP contribution in [0.25, 0.3) is 0 Å². The molecular weight excluding hydrogens is 343 g/mol. The molecule has 3 rings (SSSR count). The van der Waals surface area contributed by atoms with E-state index >= 15 is 0 Å². The standard InChI is InChI=1S/C21H21FN4O/c1-3-15-6-10-18(11-7-15)25-20(27)19-12-14(2)24-21(26-19)23-13-16-4-8-17(22)9-5-16/h4-12H,3,13H2,1-2H3,(H,25,27)(H,23,24,26). The Bertz CT molecular complexity index is 924. The number of carbonyl (C=O) groups is 1. The number of hydrogen-bond donors (Lipinski definition) is 2. The van der Waals surface area contributed by atoms with Crippen LogP contribution in [0.4, 0.5) is 16.0 Å². The number of aromatic nitrogens is 2. The highest BCUT2D eigenvalue weighted by atomic mass is 19.1. The Kier molecular flexibility index (Phi) is 5.76. The number of aryl methyl sites for hydroxylation is 2. The van der Waals surface area contributed by atoms with E-state index in [-0.39, 0.29) is 17.4 Å². The second kappa shape index (κ2) is 8.40. The van der Waals surface area contributed by atoms with E-state index in [2.05, 4.69) is 27.5 Å². The molecule has 0 radical (unpaired) electrons. The fourth-order valence-electron chi connectivity index (χ4n) is 2.57. The number of amides is 1. The molecule has 0 aliphatic carbocycles. The van der Waals surface area contributed by atoms with Crippen LogP contribution in [0.1, 0.15) is 34.2 Å². The van der Waals surface area contributed by atoms with E-state index in [9.17, 15) is 9.18 Å². The molecule has 3 aromatic rings. The summed E-state index contributed by atoms with van der Waals surface area (Å²) in [5, 5.41) is 5.92.